The van der Waals surface area contributed by atoms with Crippen molar-refractivity contribution in [2.24, 2.45) is 0 Å². The molecule has 0 radical (unpaired) electrons. The molecule has 2 heterocycles. The molecule has 1 aromatic rings. The molecule has 1 aliphatic rings. The van der Waals surface area contributed by atoms with E-state index in [-0.39, 0.29) is 0 Å². The van der Waals surface area contributed by atoms with Crippen molar-refractivity contribution in [3.8, 4) is 0 Å². The zero-order valence-corrected chi connectivity index (χ0v) is 8.72. The van der Waals surface area contributed by atoms with Gasteiger partial charge in [-0.05, 0) is 6.07 Å². The minimum Gasteiger partial charge on any atom is -0.379 e. The zero-order chi connectivity index (χ0) is 10.3. The second-order valence-corrected chi connectivity index (χ2v) is 3.48. The fourth-order valence-corrected chi connectivity index (χ4v) is 1.56. The van der Waals surface area contributed by atoms with Gasteiger partial charge in [0.2, 0.25) is 0 Å². The van der Waals surface area contributed by atoms with Crippen LogP contribution in [0.15, 0.2) is 18.6 Å². The average Bonchev–Trinajstić information content (AvgIpc) is 2.32. The summed E-state index contributed by atoms with van der Waals surface area (Å²) in [6, 6.07) is 1.87. The van der Waals surface area contributed by atoms with Gasteiger partial charge in [-0.1, -0.05) is 0 Å². The first kappa shape index (κ1) is 10.3. The lowest BCUT2D eigenvalue weighted by molar-refractivity contribution is 0.0398. The average molecular weight is 208 g/mol. The van der Waals surface area contributed by atoms with Crippen molar-refractivity contribution in [2.75, 3.05) is 44.7 Å². The summed E-state index contributed by atoms with van der Waals surface area (Å²) in [6.45, 7) is 5.72. The number of anilines is 1. The van der Waals surface area contributed by atoms with Crippen LogP contribution in [0.3, 0.4) is 0 Å². The number of ether oxygens (including phenoxy) is 1. The van der Waals surface area contributed by atoms with Gasteiger partial charge in [-0.3, -0.25) is 4.90 Å². The first-order chi connectivity index (χ1) is 7.45. The van der Waals surface area contributed by atoms with E-state index in [0.717, 1.165) is 45.2 Å². The monoisotopic (exact) mass is 208 g/mol. The molecule has 0 spiro atoms. The summed E-state index contributed by atoms with van der Waals surface area (Å²) in [5.41, 5.74) is 0. The van der Waals surface area contributed by atoms with Gasteiger partial charge in [0.1, 0.15) is 12.1 Å². The molecule has 1 saturated heterocycles. The van der Waals surface area contributed by atoms with Crippen LogP contribution in [0, 0.1) is 0 Å². The lowest BCUT2D eigenvalue weighted by atomic mass is 10.4. The third kappa shape index (κ3) is 3.45. The standard InChI is InChI=1S/C10H16N4O/c1-2-11-9-13-10(1)12-3-4-14-5-7-15-8-6-14/h1-2,9H,3-8H2,(H,11,12,13). The van der Waals surface area contributed by atoms with Gasteiger partial charge in [0, 0.05) is 32.4 Å². The van der Waals surface area contributed by atoms with Gasteiger partial charge >= 0.3 is 0 Å². The quantitative estimate of drug-likeness (QED) is 0.767. The van der Waals surface area contributed by atoms with E-state index in [1.165, 1.54) is 0 Å². The molecule has 0 aliphatic carbocycles. The lowest BCUT2D eigenvalue weighted by Crippen LogP contribution is -2.39. The Morgan fingerprint density at radius 2 is 2.27 bits per heavy atom. The molecule has 0 aromatic carbocycles. The summed E-state index contributed by atoms with van der Waals surface area (Å²) in [6.07, 6.45) is 3.29. The first-order valence-electron chi connectivity index (χ1n) is 5.25. The zero-order valence-electron chi connectivity index (χ0n) is 8.72. The van der Waals surface area contributed by atoms with E-state index in [2.05, 4.69) is 20.2 Å². The minimum atomic E-state index is 0.855. The lowest BCUT2D eigenvalue weighted by Gasteiger charge is -2.26. The van der Waals surface area contributed by atoms with E-state index in [0.29, 0.717) is 0 Å². The van der Waals surface area contributed by atoms with Crippen molar-refractivity contribution < 1.29 is 4.74 Å². The summed E-state index contributed by atoms with van der Waals surface area (Å²) in [7, 11) is 0. The summed E-state index contributed by atoms with van der Waals surface area (Å²) in [5, 5.41) is 3.26. The van der Waals surface area contributed by atoms with E-state index in [1.807, 2.05) is 6.07 Å². The Labute approximate surface area is 89.5 Å². The molecule has 82 valence electrons. The van der Waals surface area contributed by atoms with E-state index in [1.54, 1.807) is 12.5 Å². The molecule has 0 unspecified atom stereocenters. The molecule has 1 aromatic heterocycles. The summed E-state index contributed by atoms with van der Waals surface area (Å²) < 4.78 is 5.28. The normalized spacial score (nSPS) is 17.6. The number of nitrogens with zero attached hydrogens (tertiary/aromatic N) is 3. The molecule has 0 bridgehead atoms. The van der Waals surface area contributed by atoms with Gasteiger partial charge < -0.3 is 10.1 Å². The molecule has 5 nitrogen and oxygen atoms in total. The molecule has 1 fully saturated rings. The number of nitrogens with one attached hydrogen (secondary N) is 1. The first-order valence-corrected chi connectivity index (χ1v) is 5.25. The van der Waals surface area contributed by atoms with Gasteiger partial charge in [-0.15, -0.1) is 0 Å². The van der Waals surface area contributed by atoms with E-state index in [9.17, 15) is 0 Å². The predicted octanol–water partition coefficient (Wildman–Crippen LogP) is 0.221. The highest BCUT2D eigenvalue weighted by molar-refractivity contribution is 5.31. The van der Waals surface area contributed by atoms with E-state index >= 15 is 0 Å². The Morgan fingerprint density at radius 1 is 1.40 bits per heavy atom. The molecule has 0 atom stereocenters. The molecule has 15 heavy (non-hydrogen) atoms. The Balaban J connectivity index is 1.66. The van der Waals surface area contributed by atoms with E-state index < -0.39 is 0 Å². The largest absolute Gasteiger partial charge is 0.379 e. The number of morpholine rings is 1. The van der Waals surface area contributed by atoms with Gasteiger partial charge in [-0.25, -0.2) is 9.97 Å². The van der Waals surface area contributed by atoms with Gasteiger partial charge in [0.15, 0.2) is 0 Å². The molecule has 2 rings (SSSR count). The Hall–Kier alpha value is -1.20. The number of hydrogen-bond donors (Lipinski definition) is 1. The molecule has 1 aliphatic heterocycles. The summed E-state index contributed by atoms with van der Waals surface area (Å²) >= 11 is 0. The van der Waals surface area contributed by atoms with Crippen molar-refractivity contribution in [3.05, 3.63) is 18.6 Å². The number of aromatic nitrogens is 2. The second-order valence-electron chi connectivity index (χ2n) is 3.48. The predicted molar refractivity (Wildman–Crippen MR) is 57.8 cm³/mol. The molecule has 1 N–H and O–H groups in total. The van der Waals surface area contributed by atoms with Crippen LogP contribution in [0.2, 0.25) is 0 Å². The van der Waals surface area contributed by atoms with Gasteiger partial charge in [0.25, 0.3) is 0 Å². The fourth-order valence-electron chi connectivity index (χ4n) is 1.56. The highest BCUT2D eigenvalue weighted by Crippen LogP contribution is 1.99. The molecular formula is C10H16N4O. The van der Waals surface area contributed by atoms with Crippen LogP contribution in [0.1, 0.15) is 0 Å². The van der Waals surface area contributed by atoms with Crippen molar-refractivity contribution in [3.63, 3.8) is 0 Å². The van der Waals surface area contributed by atoms with Gasteiger partial charge in [-0.2, -0.15) is 0 Å². The second kappa shape index (κ2) is 5.63. The minimum absolute atomic E-state index is 0.855. The molecule has 0 amide bonds. The van der Waals surface area contributed by atoms with Crippen LogP contribution in [0.4, 0.5) is 5.82 Å². The van der Waals surface area contributed by atoms with Crippen molar-refractivity contribution in [1.29, 1.82) is 0 Å². The van der Waals surface area contributed by atoms with Gasteiger partial charge in [0.05, 0.1) is 13.2 Å². The number of rotatable bonds is 4. The highest BCUT2D eigenvalue weighted by atomic mass is 16.5. The van der Waals surface area contributed by atoms with E-state index in [4.69, 9.17) is 4.74 Å². The van der Waals surface area contributed by atoms with Crippen LogP contribution in [-0.4, -0.2) is 54.3 Å². The Kier molecular flexibility index (Phi) is 3.87. The molecule has 0 saturated carbocycles. The number of hydrogen-bond acceptors (Lipinski definition) is 5. The van der Waals surface area contributed by atoms with Crippen LogP contribution >= 0.6 is 0 Å². The Bertz CT molecular complexity index is 274. The van der Waals surface area contributed by atoms with Crippen LogP contribution < -0.4 is 5.32 Å². The molecular weight excluding hydrogens is 192 g/mol. The van der Waals surface area contributed by atoms with Crippen LogP contribution in [0.5, 0.6) is 0 Å². The third-order valence-corrected chi connectivity index (χ3v) is 2.42. The maximum atomic E-state index is 5.28. The SMILES string of the molecule is c1cc(NCCN2CCOCC2)ncn1. The maximum absolute atomic E-state index is 5.28. The maximum Gasteiger partial charge on any atom is 0.129 e. The van der Waals surface area contributed by atoms with Crippen LogP contribution in [-0.2, 0) is 4.74 Å². The summed E-state index contributed by atoms with van der Waals surface area (Å²) in [5.74, 6) is 0.887. The van der Waals surface area contributed by atoms with Crippen LogP contribution in [0.25, 0.3) is 0 Å². The smallest absolute Gasteiger partial charge is 0.129 e. The van der Waals surface area contributed by atoms with Crippen molar-refractivity contribution in [1.82, 2.24) is 14.9 Å². The fraction of sp³-hybridized carbons (Fsp3) is 0.600. The Morgan fingerprint density at radius 3 is 3.00 bits per heavy atom. The highest BCUT2D eigenvalue weighted by Gasteiger charge is 2.08. The van der Waals surface area contributed by atoms with Crippen molar-refractivity contribution in [2.45, 2.75) is 0 Å². The summed E-state index contributed by atoms with van der Waals surface area (Å²) in [4.78, 5) is 10.3. The topological polar surface area (TPSA) is 50.3 Å². The molecule has 5 heteroatoms. The third-order valence-electron chi connectivity index (χ3n) is 2.42. The van der Waals surface area contributed by atoms with Crippen molar-refractivity contribution >= 4 is 5.82 Å².